The van der Waals surface area contributed by atoms with E-state index in [0.29, 0.717) is 10.2 Å². The number of hydrazone groups is 1. The van der Waals surface area contributed by atoms with Crippen LogP contribution in [0, 0.1) is 19.3 Å². The van der Waals surface area contributed by atoms with Crippen molar-refractivity contribution in [3.63, 3.8) is 0 Å². The number of carbonyl (C=O) groups is 1. The number of thioether (sulfide) groups is 1. The summed E-state index contributed by atoms with van der Waals surface area (Å²) in [6.07, 6.45) is 5.09. The lowest BCUT2D eigenvalue weighted by atomic mass is 10.1. The SMILES string of the molecule is COc1cccc(-n2c(C)cc(/C=C3\C(=N)N4N=C(c5cccnc5)SC4=NC3=O)c2C)c1. The van der Waals surface area contributed by atoms with E-state index in [9.17, 15) is 4.79 Å². The molecule has 0 unspecified atom stereocenters. The number of hydrogen-bond acceptors (Lipinski definition) is 6. The Balaban J connectivity index is 1.51. The van der Waals surface area contributed by atoms with Gasteiger partial charge in [0.2, 0.25) is 5.17 Å². The standard InChI is InChI=1S/C24H20N6O2S/c1-14-10-17(15(2)29(14)18-7-4-8-19(12-18)32-3)11-20-21(25)30-24(27-22(20)31)33-23(28-30)16-6-5-9-26-13-16/h4-13,25H,1-3H3/b20-11+,25-21?. The first-order chi connectivity index (χ1) is 16.0. The summed E-state index contributed by atoms with van der Waals surface area (Å²) in [5.41, 5.74) is 4.75. The van der Waals surface area contributed by atoms with E-state index in [-0.39, 0.29) is 11.4 Å². The Morgan fingerprint density at radius 2 is 2.00 bits per heavy atom. The zero-order valence-corrected chi connectivity index (χ0v) is 19.1. The summed E-state index contributed by atoms with van der Waals surface area (Å²) in [4.78, 5) is 21.1. The molecular weight excluding hydrogens is 436 g/mol. The quantitative estimate of drug-likeness (QED) is 0.595. The van der Waals surface area contributed by atoms with Crippen molar-refractivity contribution in [3.8, 4) is 11.4 Å². The average Bonchev–Trinajstić information content (AvgIpc) is 3.37. The molecule has 0 bridgehead atoms. The molecule has 1 amide bonds. The number of methoxy groups -OCH3 is 1. The van der Waals surface area contributed by atoms with Crippen LogP contribution in [0.4, 0.5) is 0 Å². The molecule has 3 aromatic rings. The summed E-state index contributed by atoms with van der Waals surface area (Å²) in [6.45, 7) is 3.98. The maximum absolute atomic E-state index is 12.8. The summed E-state index contributed by atoms with van der Waals surface area (Å²) in [6, 6.07) is 13.5. The molecule has 0 spiro atoms. The number of amidine groups is 2. The van der Waals surface area contributed by atoms with Crippen molar-refractivity contribution in [1.82, 2.24) is 14.6 Å². The van der Waals surface area contributed by atoms with Gasteiger partial charge in [0.25, 0.3) is 5.91 Å². The number of ether oxygens (including phenoxy) is 1. The highest BCUT2D eigenvalue weighted by atomic mass is 32.2. The lowest BCUT2D eigenvalue weighted by Gasteiger charge is -2.20. The Hall–Kier alpha value is -3.98. The van der Waals surface area contributed by atoms with Crippen molar-refractivity contribution in [2.24, 2.45) is 10.1 Å². The summed E-state index contributed by atoms with van der Waals surface area (Å²) >= 11 is 1.26. The van der Waals surface area contributed by atoms with Crippen LogP contribution in [-0.4, -0.2) is 43.6 Å². The highest BCUT2D eigenvalue weighted by Gasteiger charge is 2.36. The van der Waals surface area contributed by atoms with E-state index in [4.69, 9.17) is 10.1 Å². The maximum atomic E-state index is 12.8. The second-order valence-corrected chi connectivity index (χ2v) is 8.49. The Bertz CT molecular complexity index is 1390. The summed E-state index contributed by atoms with van der Waals surface area (Å²) in [7, 11) is 1.64. The van der Waals surface area contributed by atoms with Crippen LogP contribution in [0.1, 0.15) is 22.5 Å². The molecule has 2 aliphatic rings. The summed E-state index contributed by atoms with van der Waals surface area (Å²) in [5.74, 6) is 0.315. The number of aromatic nitrogens is 2. The maximum Gasteiger partial charge on any atom is 0.283 e. The Morgan fingerprint density at radius 1 is 1.15 bits per heavy atom. The third-order valence-corrected chi connectivity index (χ3v) is 6.40. The van der Waals surface area contributed by atoms with Gasteiger partial charge in [0.15, 0.2) is 5.84 Å². The number of amides is 1. The van der Waals surface area contributed by atoms with Crippen molar-refractivity contribution < 1.29 is 9.53 Å². The minimum Gasteiger partial charge on any atom is -0.497 e. The highest BCUT2D eigenvalue weighted by Crippen LogP contribution is 2.32. The van der Waals surface area contributed by atoms with Crippen molar-refractivity contribution in [2.45, 2.75) is 13.8 Å². The molecule has 9 heteroatoms. The predicted molar refractivity (Wildman–Crippen MR) is 130 cm³/mol. The minimum atomic E-state index is -0.451. The van der Waals surface area contributed by atoms with Gasteiger partial charge < -0.3 is 9.30 Å². The van der Waals surface area contributed by atoms with Crippen LogP contribution in [0.15, 0.2) is 70.5 Å². The number of aliphatic imine (C=N–C) groups is 1. The van der Waals surface area contributed by atoms with Gasteiger partial charge in [-0.05, 0) is 67.6 Å². The second kappa shape index (κ2) is 8.18. The Morgan fingerprint density at radius 3 is 2.76 bits per heavy atom. The molecule has 0 atom stereocenters. The van der Waals surface area contributed by atoms with Crippen LogP contribution in [0.5, 0.6) is 5.75 Å². The van der Waals surface area contributed by atoms with Gasteiger partial charge in [0, 0.05) is 41.1 Å². The number of hydrogen-bond donors (Lipinski definition) is 1. The van der Waals surface area contributed by atoms with Gasteiger partial charge in [-0.15, -0.1) is 0 Å². The molecule has 5 rings (SSSR count). The van der Waals surface area contributed by atoms with Crippen molar-refractivity contribution >= 4 is 39.8 Å². The van der Waals surface area contributed by atoms with Gasteiger partial charge in [-0.2, -0.15) is 15.1 Å². The first-order valence-electron chi connectivity index (χ1n) is 10.2. The smallest absolute Gasteiger partial charge is 0.283 e. The molecule has 0 saturated heterocycles. The van der Waals surface area contributed by atoms with Gasteiger partial charge in [-0.25, -0.2) is 0 Å². The number of carbonyl (C=O) groups excluding carboxylic acids is 1. The molecular formula is C24H20N6O2S. The number of nitrogens with one attached hydrogen (secondary N) is 1. The monoisotopic (exact) mass is 456 g/mol. The number of rotatable bonds is 4. The van der Waals surface area contributed by atoms with E-state index in [1.54, 1.807) is 25.6 Å². The van der Waals surface area contributed by atoms with E-state index >= 15 is 0 Å². The molecule has 2 aliphatic heterocycles. The molecule has 8 nitrogen and oxygen atoms in total. The summed E-state index contributed by atoms with van der Waals surface area (Å²) < 4.78 is 7.44. The number of nitrogens with zero attached hydrogens (tertiary/aromatic N) is 5. The first-order valence-corrected chi connectivity index (χ1v) is 11.0. The topological polar surface area (TPSA) is 95.9 Å². The van der Waals surface area contributed by atoms with Crippen LogP contribution in [0.25, 0.3) is 11.8 Å². The van der Waals surface area contributed by atoms with E-state index in [2.05, 4.69) is 19.6 Å². The molecule has 164 valence electrons. The fourth-order valence-corrected chi connectivity index (χ4v) is 4.72. The number of fused-ring (bicyclic) bond motifs is 1. The van der Waals surface area contributed by atoms with Crippen LogP contribution < -0.4 is 4.74 Å². The van der Waals surface area contributed by atoms with Crippen LogP contribution >= 0.6 is 11.8 Å². The third-order valence-electron chi connectivity index (χ3n) is 5.44. The van der Waals surface area contributed by atoms with E-state index in [0.717, 1.165) is 34.0 Å². The van der Waals surface area contributed by atoms with Crippen LogP contribution in [0.2, 0.25) is 0 Å². The number of benzene rings is 1. The fourth-order valence-electron chi connectivity index (χ4n) is 3.83. The number of pyridine rings is 1. The largest absolute Gasteiger partial charge is 0.497 e. The lowest BCUT2D eigenvalue weighted by molar-refractivity contribution is -0.114. The third kappa shape index (κ3) is 3.66. The molecule has 1 aromatic carbocycles. The zero-order valence-electron chi connectivity index (χ0n) is 18.2. The fraction of sp³-hybridized carbons (Fsp3) is 0.125. The predicted octanol–water partition coefficient (Wildman–Crippen LogP) is 4.17. The van der Waals surface area contributed by atoms with Gasteiger partial charge in [-0.1, -0.05) is 6.07 Å². The van der Waals surface area contributed by atoms with E-state index in [1.165, 1.54) is 16.8 Å². The van der Waals surface area contributed by atoms with Gasteiger partial charge in [0.1, 0.15) is 10.8 Å². The van der Waals surface area contributed by atoms with Gasteiger partial charge in [-0.3, -0.25) is 15.2 Å². The molecule has 2 aromatic heterocycles. The van der Waals surface area contributed by atoms with E-state index in [1.807, 2.05) is 56.3 Å². The summed E-state index contributed by atoms with van der Waals surface area (Å²) in [5, 5.41) is 15.6. The van der Waals surface area contributed by atoms with Crippen molar-refractivity contribution in [2.75, 3.05) is 7.11 Å². The van der Waals surface area contributed by atoms with Crippen LogP contribution in [0.3, 0.4) is 0 Å². The second-order valence-electron chi connectivity index (χ2n) is 7.53. The first kappa shape index (κ1) is 20.9. The molecule has 0 saturated carbocycles. The minimum absolute atomic E-state index is 0.00238. The average molecular weight is 457 g/mol. The van der Waals surface area contributed by atoms with E-state index < -0.39 is 5.91 Å². The molecule has 0 radical (unpaired) electrons. The molecule has 33 heavy (non-hydrogen) atoms. The van der Waals surface area contributed by atoms with Gasteiger partial charge in [0.05, 0.1) is 12.7 Å². The van der Waals surface area contributed by atoms with Crippen LogP contribution in [-0.2, 0) is 4.79 Å². The molecule has 0 fully saturated rings. The number of aryl methyl sites for hydroxylation is 1. The molecule has 1 N–H and O–H groups in total. The van der Waals surface area contributed by atoms with Crippen molar-refractivity contribution in [3.05, 3.63) is 82.9 Å². The van der Waals surface area contributed by atoms with Gasteiger partial charge >= 0.3 is 0 Å². The normalized spacial score (nSPS) is 16.7. The van der Waals surface area contributed by atoms with Crippen molar-refractivity contribution in [1.29, 1.82) is 5.41 Å². The Kier molecular flexibility index (Phi) is 5.18. The Labute approximate surface area is 194 Å². The molecule has 0 aliphatic carbocycles. The highest BCUT2D eigenvalue weighted by molar-refractivity contribution is 8.27. The lowest BCUT2D eigenvalue weighted by Crippen LogP contribution is -2.35. The molecule has 4 heterocycles. The zero-order chi connectivity index (χ0) is 23.1.